The number of carbonyl (C=O) groups excluding carboxylic acids is 2. The van der Waals surface area contributed by atoms with Crippen LogP contribution in [-0.2, 0) is 22.4 Å². The van der Waals surface area contributed by atoms with Crippen molar-refractivity contribution in [3.05, 3.63) is 120 Å². The van der Waals surface area contributed by atoms with E-state index in [-0.39, 0.29) is 11.8 Å². The Morgan fingerprint density at radius 1 is 0.452 bits per heavy atom. The highest BCUT2D eigenvalue weighted by molar-refractivity contribution is 7.80. The first kappa shape index (κ1) is 42.2. The fourth-order valence-corrected chi connectivity index (χ4v) is 8.64. The van der Waals surface area contributed by atoms with Crippen molar-refractivity contribution in [2.75, 3.05) is 26.2 Å². The van der Waals surface area contributed by atoms with E-state index in [1.807, 2.05) is 0 Å². The van der Waals surface area contributed by atoms with Crippen LogP contribution in [0.5, 0.6) is 0 Å². The summed E-state index contributed by atoms with van der Waals surface area (Å²) in [6.07, 6.45) is 4.08. The molecule has 8 rings (SSSR count). The Morgan fingerprint density at radius 3 is 1.19 bits per heavy atom. The van der Waals surface area contributed by atoms with Crippen molar-refractivity contribution >= 4 is 123 Å². The predicted molar refractivity (Wildman–Crippen MR) is 266 cm³/mol. The lowest BCUT2D eigenvalue weighted by molar-refractivity contribution is -0.121. The summed E-state index contributed by atoms with van der Waals surface area (Å²) in [6, 6.07) is 39.3. The van der Waals surface area contributed by atoms with Crippen molar-refractivity contribution in [3.8, 4) is 0 Å². The molecule has 0 aromatic heterocycles. The van der Waals surface area contributed by atoms with Gasteiger partial charge < -0.3 is 21.3 Å². The van der Waals surface area contributed by atoms with Crippen LogP contribution in [0.1, 0.15) is 50.7 Å². The van der Waals surface area contributed by atoms with Crippen LogP contribution in [-0.4, -0.2) is 59.6 Å². The number of thiocarbonyl (C=S) groups is 2. The van der Waals surface area contributed by atoms with Crippen molar-refractivity contribution in [2.24, 2.45) is 10.2 Å². The summed E-state index contributed by atoms with van der Waals surface area (Å²) in [4.78, 5) is 25.2. The maximum Gasteiger partial charge on any atom is 0.220 e. The smallest absolute Gasteiger partial charge is 0.220 e. The van der Waals surface area contributed by atoms with Gasteiger partial charge in [-0.15, -0.1) is 0 Å². The number of hydrazone groups is 2. The molecule has 0 spiro atoms. The third-order valence-electron chi connectivity index (χ3n) is 11.6. The summed E-state index contributed by atoms with van der Waals surface area (Å²) in [5, 5.41) is 36.6. The molecule has 2 amide bonds. The van der Waals surface area contributed by atoms with Gasteiger partial charge >= 0.3 is 0 Å². The van der Waals surface area contributed by atoms with Gasteiger partial charge in [-0.1, -0.05) is 109 Å². The monoisotopic (exact) mass is 858 g/mol. The van der Waals surface area contributed by atoms with E-state index in [1.165, 1.54) is 75.8 Å². The van der Waals surface area contributed by atoms with Gasteiger partial charge in [0.15, 0.2) is 10.2 Å². The second-order valence-electron chi connectivity index (χ2n) is 15.7. The third kappa shape index (κ3) is 9.67. The average Bonchev–Trinajstić information content (AvgIpc) is 3.29. The van der Waals surface area contributed by atoms with Crippen LogP contribution < -0.4 is 32.1 Å². The molecule has 12 heteroatoms. The summed E-state index contributed by atoms with van der Waals surface area (Å²) in [6.45, 7) is 5.38. The van der Waals surface area contributed by atoms with Gasteiger partial charge in [0.25, 0.3) is 0 Å². The Kier molecular flexibility index (Phi) is 13.3. The van der Waals surface area contributed by atoms with Gasteiger partial charge in [-0.3, -0.25) is 20.4 Å². The van der Waals surface area contributed by atoms with Gasteiger partial charge in [-0.05, 0) is 140 Å². The molecule has 0 radical (unpaired) electrons. The molecular weight excluding hydrogens is 809 g/mol. The SMILES string of the molecule is CC(=N\NC(=S)NCCNC(=O)CCCc1ccc2ccc3cccc4ccc1c2c34)/C(C)=N/NC(=S)NCCNC(=O)CCCc1ccc2ccc3cccc4ccc1c2c34. The molecule has 314 valence electrons. The van der Waals surface area contributed by atoms with Crippen LogP contribution in [0.3, 0.4) is 0 Å². The molecule has 0 aliphatic rings. The highest BCUT2D eigenvalue weighted by Gasteiger charge is 2.13. The molecule has 62 heavy (non-hydrogen) atoms. The third-order valence-corrected chi connectivity index (χ3v) is 12.0. The van der Waals surface area contributed by atoms with Crippen molar-refractivity contribution in [2.45, 2.75) is 52.4 Å². The van der Waals surface area contributed by atoms with Crippen molar-refractivity contribution in [1.29, 1.82) is 0 Å². The molecule has 6 N–H and O–H groups in total. The normalized spacial score (nSPS) is 12.2. The first-order chi connectivity index (χ1) is 30.2. The standard InChI is InChI=1S/C50H50N8O2S2/c1-31(55-57-49(61)53-29-27-51-43(59)13-5-7-33-15-17-39-21-19-35-9-3-11-37-23-25-41(33)47(39)45(35)37)32(2)56-58-50(62)54-30-28-52-44(60)14-6-8-34-16-18-40-22-20-36-10-4-12-38-24-26-42(34)48(40)46(36)38/h3-4,9-12,15-26H,5-8,13-14,27-30H2,1-2H3,(H,51,59)(H,52,60)(H2,53,57,61)(H2,54,58,62)/b55-31+,56-32+. The topological polar surface area (TPSA) is 131 Å². The number of aryl methyl sites for hydroxylation is 2. The molecule has 0 saturated heterocycles. The van der Waals surface area contributed by atoms with Crippen molar-refractivity contribution in [1.82, 2.24) is 32.1 Å². The number of carbonyl (C=O) groups is 2. The molecule has 0 atom stereocenters. The van der Waals surface area contributed by atoms with Crippen LogP contribution >= 0.6 is 24.4 Å². The predicted octanol–water partition coefficient (Wildman–Crippen LogP) is 8.74. The highest BCUT2D eigenvalue weighted by Crippen LogP contribution is 2.37. The van der Waals surface area contributed by atoms with Gasteiger partial charge in [0.2, 0.25) is 11.8 Å². The Morgan fingerprint density at radius 2 is 0.790 bits per heavy atom. The molecule has 0 heterocycles. The maximum atomic E-state index is 12.6. The summed E-state index contributed by atoms with van der Waals surface area (Å²) >= 11 is 10.7. The molecule has 8 aromatic carbocycles. The Hall–Kier alpha value is -6.50. The Balaban J connectivity index is 0.676. The number of hydrogen-bond acceptors (Lipinski definition) is 6. The lowest BCUT2D eigenvalue weighted by Gasteiger charge is -2.14. The van der Waals surface area contributed by atoms with Crippen LogP contribution in [0.15, 0.2) is 119 Å². The first-order valence-electron chi connectivity index (χ1n) is 21.2. The minimum absolute atomic E-state index is 0.0106. The number of benzene rings is 8. The fourth-order valence-electron chi connectivity index (χ4n) is 8.35. The van der Waals surface area contributed by atoms with E-state index in [0.717, 1.165) is 25.7 Å². The van der Waals surface area contributed by atoms with Crippen LogP contribution in [0.4, 0.5) is 0 Å². The number of nitrogens with one attached hydrogen (secondary N) is 6. The van der Waals surface area contributed by atoms with Crippen molar-refractivity contribution in [3.63, 3.8) is 0 Å². The molecule has 0 bridgehead atoms. The van der Waals surface area contributed by atoms with Gasteiger partial charge in [-0.25, -0.2) is 0 Å². The minimum atomic E-state index is 0.0106. The summed E-state index contributed by atoms with van der Waals surface area (Å²) in [5.41, 5.74) is 9.39. The Bertz CT molecular complexity index is 2760. The van der Waals surface area contributed by atoms with E-state index in [1.54, 1.807) is 13.8 Å². The van der Waals surface area contributed by atoms with E-state index in [0.29, 0.717) is 60.7 Å². The number of rotatable bonds is 17. The first-order valence-corrected chi connectivity index (χ1v) is 22.1. The molecule has 0 aliphatic carbocycles. The van der Waals surface area contributed by atoms with Gasteiger partial charge in [0, 0.05) is 39.0 Å². The molecule has 0 fully saturated rings. The van der Waals surface area contributed by atoms with E-state index in [9.17, 15) is 9.59 Å². The van der Waals surface area contributed by atoms with Crippen molar-refractivity contribution < 1.29 is 9.59 Å². The zero-order chi connectivity index (χ0) is 43.0. The number of nitrogens with zero attached hydrogens (tertiary/aromatic N) is 2. The summed E-state index contributed by atoms with van der Waals surface area (Å²) < 4.78 is 0. The number of amides is 2. The molecule has 10 nitrogen and oxygen atoms in total. The maximum absolute atomic E-state index is 12.6. The number of hydrogen-bond donors (Lipinski definition) is 6. The zero-order valence-corrected chi connectivity index (χ0v) is 36.6. The fraction of sp³-hybridized carbons (Fsp3) is 0.240. The molecule has 8 aromatic rings. The second-order valence-corrected chi connectivity index (χ2v) is 16.5. The minimum Gasteiger partial charge on any atom is -0.360 e. The molecular formula is C50H50N8O2S2. The van der Waals surface area contributed by atoms with E-state index in [2.05, 4.69) is 152 Å². The highest BCUT2D eigenvalue weighted by atomic mass is 32.1. The van der Waals surface area contributed by atoms with Gasteiger partial charge in [0.1, 0.15) is 0 Å². The molecule has 0 saturated carbocycles. The van der Waals surface area contributed by atoms with Crippen LogP contribution in [0.25, 0.3) is 64.6 Å². The largest absolute Gasteiger partial charge is 0.360 e. The molecule has 0 aliphatic heterocycles. The zero-order valence-electron chi connectivity index (χ0n) is 35.0. The van der Waals surface area contributed by atoms with Crippen LogP contribution in [0, 0.1) is 0 Å². The lowest BCUT2D eigenvalue weighted by atomic mass is 9.90. The second kappa shape index (κ2) is 19.5. The summed E-state index contributed by atoms with van der Waals surface area (Å²) in [5.74, 6) is 0.0213. The summed E-state index contributed by atoms with van der Waals surface area (Å²) in [7, 11) is 0. The van der Waals surface area contributed by atoms with Gasteiger partial charge in [0.05, 0.1) is 11.4 Å². The van der Waals surface area contributed by atoms with E-state index in [4.69, 9.17) is 24.4 Å². The lowest BCUT2D eigenvalue weighted by Crippen LogP contribution is -2.39. The molecule has 0 unspecified atom stereocenters. The Labute approximate surface area is 371 Å². The van der Waals surface area contributed by atoms with E-state index < -0.39 is 0 Å². The van der Waals surface area contributed by atoms with Gasteiger partial charge in [-0.2, -0.15) is 10.2 Å². The van der Waals surface area contributed by atoms with Crippen LogP contribution in [0.2, 0.25) is 0 Å². The van der Waals surface area contributed by atoms with E-state index >= 15 is 0 Å². The average molecular weight is 859 g/mol. The quantitative estimate of drug-likeness (QED) is 0.0176.